The Morgan fingerprint density at radius 3 is 2.32 bits per heavy atom. The second kappa shape index (κ2) is 8.13. The highest BCUT2D eigenvalue weighted by Crippen LogP contribution is 2.60. The van der Waals surface area contributed by atoms with Crippen LogP contribution in [0.5, 0.6) is 0 Å². The van der Waals surface area contributed by atoms with Gasteiger partial charge in [0.25, 0.3) is 5.91 Å². The van der Waals surface area contributed by atoms with Crippen molar-refractivity contribution in [3.63, 3.8) is 0 Å². The molecule has 1 heterocycles. The van der Waals surface area contributed by atoms with Crippen molar-refractivity contribution in [1.29, 1.82) is 0 Å². The Balaban J connectivity index is 1.22. The lowest BCUT2D eigenvalue weighted by Gasteiger charge is -2.56. The van der Waals surface area contributed by atoms with Crippen LogP contribution in [0.3, 0.4) is 0 Å². The van der Waals surface area contributed by atoms with Crippen molar-refractivity contribution in [2.24, 2.45) is 22.9 Å². The third-order valence-electron chi connectivity index (χ3n) is 7.82. The molecule has 0 radical (unpaired) electrons. The van der Waals surface area contributed by atoms with Gasteiger partial charge in [0, 0.05) is 29.9 Å². The maximum atomic E-state index is 12.6. The number of aromatic nitrogens is 2. The van der Waals surface area contributed by atoms with Crippen LogP contribution in [0.15, 0.2) is 35.4 Å². The predicted molar refractivity (Wildman–Crippen MR) is 124 cm³/mol. The third-order valence-corrected chi connectivity index (χ3v) is 7.82. The molecule has 0 atom stereocenters. The molecule has 6 nitrogen and oxygen atoms in total. The van der Waals surface area contributed by atoms with Crippen LogP contribution in [-0.4, -0.2) is 35.4 Å². The molecule has 2 aromatic rings. The molecule has 4 bridgehead atoms. The molecule has 0 unspecified atom stereocenters. The van der Waals surface area contributed by atoms with Gasteiger partial charge in [-0.2, -0.15) is 10.2 Å². The molecule has 0 spiro atoms. The molecule has 1 amide bonds. The molecule has 164 valence electrons. The number of benzene rings is 1. The number of hydrazone groups is 1. The minimum atomic E-state index is -0.261. The number of aromatic amines is 1. The van der Waals surface area contributed by atoms with E-state index in [1.54, 1.807) is 6.21 Å². The Labute approximate surface area is 184 Å². The summed E-state index contributed by atoms with van der Waals surface area (Å²) in [6, 6.07) is 10.2. The fourth-order valence-electron chi connectivity index (χ4n) is 6.73. The summed E-state index contributed by atoms with van der Waals surface area (Å²) in [6.45, 7) is 6.26. The lowest BCUT2D eigenvalue weighted by Crippen LogP contribution is -2.48. The Hall–Kier alpha value is -2.63. The quantitative estimate of drug-likeness (QED) is 0.513. The molecular weight excluding hydrogens is 386 g/mol. The Kier molecular flexibility index (Phi) is 5.32. The zero-order valence-corrected chi connectivity index (χ0v) is 18.6. The molecule has 2 N–H and O–H groups in total. The number of hydrogen-bond donors (Lipinski definition) is 2. The molecule has 0 saturated heterocycles. The van der Waals surface area contributed by atoms with E-state index in [9.17, 15) is 4.79 Å². The Morgan fingerprint density at radius 2 is 1.74 bits per heavy atom. The number of amides is 1. The van der Waals surface area contributed by atoms with Crippen molar-refractivity contribution in [2.75, 3.05) is 18.0 Å². The molecule has 1 aromatic carbocycles. The smallest absolute Gasteiger partial charge is 0.291 e. The van der Waals surface area contributed by atoms with Gasteiger partial charge >= 0.3 is 0 Å². The van der Waals surface area contributed by atoms with E-state index in [0.717, 1.165) is 42.1 Å². The lowest BCUT2D eigenvalue weighted by molar-refractivity contribution is -0.00721. The summed E-state index contributed by atoms with van der Waals surface area (Å²) in [6.07, 6.45) is 9.66. The first-order chi connectivity index (χ1) is 15.1. The zero-order valence-electron chi connectivity index (χ0n) is 18.6. The van der Waals surface area contributed by atoms with Crippen LogP contribution in [0.4, 0.5) is 5.69 Å². The van der Waals surface area contributed by atoms with Gasteiger partial charge in [0.15, 0.2) is 5.69 Å². The van der Waals surface area contributed by atoms with Crippen LogP contribution in [0, 0.1) is 17.8 Å². The van der Waals surface area contributed by atoms with Gasteiger partial charge in [-0.15, -0.1) is 0 Å². The topological polar surface area (TPSA) is 73.4 Å². The summed E-state index contributed by atoms with van der Waals surface area (Å²) in [5.74, 6) is 2.34. The van der Waals surface area contributed by atoms with Crippen molar-refractivity contribution >= 4 is 17.8 Å². The summed E-state index contributed by atoms with van der Waals surface area (Å²) in [5.41, 5.74) is 6.59. The van der Waals surface area contributed by atoms with Crippen LogP contribution in [0.1, 0.15) is 74.1 Å². The zero-order chi connectivity index (χ0) is 21.4. The van der Waals surface area contributed by atoms with Crippen LogP contribution in [0.2, 0.25) is 0 Å². The standard InChI is InChI=1S/C25H33N5O/c1-3-30(4-2)21-7-5-17(6-8-21)16-26-29-24(31)22-12-23(28-27-22)25-13-18-9-19(14-25)11-20(10-18)15-25/h5-8,12,16,18-20H,3-4,9-11,13-15H2,1-2H3,(H,27,28)(H,29,31). The highest BCUT2D eigenvalue weighted by Gasteiger charge is 2.52. The summed E-state index contributed by atoms with van der Waals surface area (Å²) in [4.78, 5) is 14.9. The van der Waals surface area contributed by atoms with Gasteiger partial charge in [-0.25, -0.2) is 5.43 Å². The van der Waals surface area contributed by atoms with E-state index >= 15 is 0 Å². The molecule has 4 fully saturated rings. The van der Waals surface area contributed by atoms with Gasteiger partial charge in [0.2, 0.25) is 0 Å². The van der Waals surface area contributed by atoms with Crippen molar-refractivity contribution in [3.8, 4) is 0 Å². The number of nitrogens with one attached hydrogen (secondary N) is 2. The second-order valence-electron chi connectivity index (χ2n) is 9.83. The Bertz CT molecular complexity index is 921. The van der Waals surface area contributed by atoms with Crippen LogP contribution in [0.25, 0.3) is 0 Å². The molecule has 4 saturated carbocycles. The summed E-state index contributed by atoms with van der Waals surface area (Å²) >= 11 is 0. The van der Waals surface area contributed by atoms with Crippen molar-refractivity contribution in [2.45, 2.75) is 57.8 Å². The SMILES string of the molecule is CCN(CC)c1ccc(C=NNC(=O)c2cc(C34CC5CC(CC(C5)C3)C4)[nH]n2)cc1. The molecular formula is C25H33N5O. The summed E-state index contributed by atoms with van der Waals surface area (Å²) in [7, 11) is 0. The maximum Gasteiger partial charge on any atom is 0.291 e. The van der Waals surface area contributed by atoms with E-state index in [0.29, 0.717) is 5.69 Å². The van der Waals surface area contributed by atoms with Crippen molar-refractivity contribution in [1.82, 2.24) is 15.6 Å². The van der Waals surface area contributed by atoms with E-state index in [4.69, 9.17) is 0 Å². The predicted octanol–water partition coefficient (Wildman–Crippen LogP) is 4.49. The van der Waals surface area contributed by atoms with Gasteiger partial charge in [0.1, 0.15) is 0 Å². The van der Waals surface area contributed by atoms with Crippen molar-refractivity contribution < 1.29 is 4.79 Å². The fraction of sp³-hybridized carbons (Fsp3) is 0.560. The Morgan fingerprint density at radius 1 is 1.13 bits per heavy atom. The lowest BCUT2D eigenvalue weighted by atomic mass is 9.49. The summed E-state index contributed by atoms with van der Waals surface area (Å²) < 4.78 is 0. The average molecular weight is 420 g/mol. The first-order valence-corrected chi connectivity index (χ1v) is 11.8. The van der Waals surface area contributed by atoms with E-state index in [1.165, 1.54) is 44.2 Å². The van der Waals surface area contributed by atoms with Gasteiger partial charge < -0.3 is 4.90 Å². The van der Waals surface area contributed by atoms with E-state index in [1.807, 2.05) is 18.2 Å². The molecule has 31 heavy (non-hydrogen) atoms. The molecule has 1 aromatic heterocycles. The minimum Gasteiger partial charge on any atom is -0.372 e. The normalized spacial score (nSPS) is 28.9. The fourth-order valence-corrected chi connectivity index (χ4v) is 6.73. The number of H-pyrrole nitrogens is 1. The van der Waals surface area contributed by atoms with Crippen LogP contribution >= 0.6 is 0 Å². The average Bonchev–Trinajstić information content (AvgIpc) is 3.26. The number of anilines is 1. The monoisotopic (exact) mass is 419 g/mol. The van der Waals surface area contributed by atoms with Crippen LogP contribution in [-0.2, 0) is 5.41 Å². The number of nitrogens with zero attached hydrogens (tertiary/aromatic N) is 3. The first kappa shape index (κ1) is 20.3. The highest BCUT2D eigenvalue weighted by atomic mass is 16.2. The largest absolute Gasteiger partial charge is 0.372 e. The molecule has 4 aliphatic rings. The number of rotatable bonds is 7. The first-order valence-electron chi connectivity index (χ1n) is 11.8. The summed E-state index contributed by atoms with van der Waals surface area (Å²) in [5, 5.41) is 11.7. The van der Waals surface area contributed by atoms with Crippen LogP contribution < -0.4 is 10.3 Å². The second-order valence-corrected chi connectivity index (χ2v) is 9.83. The number of carbonyl (C=O) groups is 1. The maximum absolute atomic E-state index is 12.6. The molecule has 6 heteroatoms. The van der Waals surface area contributed by atoms with Gasteiger partial charge in [-0.1, -0.05) is 12.1 Å². The van der Waals surface area contributed by atoms with E-state index in [2.05, 4.69) is 51.6 Å². The van der Waals surface area contributed by atoms with Gasteiger partial charge in [0.05, 0.1) is 6.21 Å². The number of hydrogen-bond acceptors (Lipinski definition) is 4. The molecule has 6 rings (SSSR count). The highest BCUT2D eigenvalue weighted by molar-refractivity contribution is 5.93. The molecule has 0 aliphatic heterocycles. The number of carbonyl (C=O) groups excluding carboxylic acids is 1. The van der Waals surface area contributed by atoms with E-state index in [-0.39, 0.29) is 11.3 Å². The van der Waals surface area contributed by atoms with E-state index < -0.39 is 0 Å². The molecule has 4 aliphatic carbocycles. The van der Waals surface area contributed by atoms with Gasteiger partial charge in [-0.3, -0.25) is 9.89 Å². The third kappa shape index (κ3) is 3.88. The van der Waals surface area contributed by atoms with Gasteiger partial charge in [-0.05, 0) is 93.9 Å². The van der Waals surface area contributed by atoms with Crippen molar-refractivity contribution in [3.05, 3.63) is 47.3 Å². The minimum absolute atomic E-state index is 0.218.